The van der Waals surface area contributed by atoms with Crippen LogP contribution in [0.5, 0.6) is 0 Å². The van der Waals surface area contributed by atoms with Crippen molar-refractivity contribution < 1.29 is 5.11 Å². The third kappa shape index (κ3) is 1.78. The third-order valence-electron chi connectivity index (χ3n) is 2.54. The molecule has 0 aliphatic carbocycles. The van der Waals surface area contributed by atoms with Crippen LogP contribution in [0.4, 0.5) is 0 Å². The molecule has 1 nitrogen and oxygen atoms in total. The van der Waals surface area contributed by atoms with E-state index in [0.717, 1.165) is 16.7 Å². The minimum absolute atomic E-state index is 0.729. The zero-order chi connectivity index (χ0) is 10.8. The predicted octanol–water partition coefficient (Wildman–Crippen LogP) is 3.11. The molecule has 0 radical (unpaired) electrons. The summed E-state index contributed by atoms with van der Waals surface area (Å²) in [6.45, 7) is 11.1. The van der Waals surface area contributed by atoms with Crippen LogP contribution in [-0.4, -0.2) is 5.11 Å². The van der Waals surface area contributed by atoms with Gasteiger partial charge in [-0.15, -0.1) is 0 Å². The van der Waals surface area contributed by atoms with Gasteiger partial charge in [-0.25, -0.2) is 0 Å². The van der Waals surface area contributed by atoms with Gasteiger partial charge in [-0.2, -0.15) is 0 Å². The van der Waals surface area contributed by atoms with Gasteiger partial charge in [0.1, 0.15) is 5.60 Å². The van der Waals surface area contributed by atoms with Crippen molar-refractivity contribution >= 4 is 6.08 Å². The molecule has 0 saturated carbocycles. The van der Waals surface area contributed by atoms with E-state index in [1.807, 2.05) is 31.2 Å². The van der Waals surface area contributed by atoms with E-state index in [9.17, 15) is 5.11 Å². The number of aliphatic hydroxyl groups is 1. The number of benzene rings is 1. The number of rotatable bonds is 3. The molecule has 1 aromatic rings. The van der Waals surface area contributed by atoms with Crippen LogP contribution in [0.1, 0.15) is 25.0 Å². The highest BCUT2D eigenvalue weighted by atomic mass is 16.3. The topological polar surface area (TPSA) is 20.2 Å². The summed E-state index contributed by atoms with van der Waals surface area (Å²) in [6, 6.07) is 7.65. The second-order valence-corrected chi connectivity index (χ2v) is 3.64. The summed E-state index contributed by atoms with van der Waals surface area (Å²) in [7, 11) is 0. The molecule has 0 heterocycles. The second kappa shape index (κ2) is 3.81. The van der Waals surface area contributed by atoms with E-state index in [1.54, 1.807) is 13.0 Å². The van der Waals surface area contributed by atoms with Crippen molar-refractivity contribution in [3.05, 3.63) is 54.1 Å². The van der Waals surface area contributed by atoms with Crippen molar-refractivity contribution in [1.29, 1.82) is 0 Å². The maximum Gasteiger partial charge on any atom is 0.108 e. The van der Waals surface area contributed by atoms with E-state index in [2.05, 4.69) is 13.2 Å². The van der Waals surface area contributed by atoms with Gasteiger partial charge in [0.25, 0.3) is 0 Å². The van der Waals surface area contributed by atoms with Gasteiger partial charge in [-0.1, -0.05) is 43.5 Å². The lowest BCUT2D eigenvalue weighted by molar-refractivity contribution is 0.0979. The van der Waals surface area contributed by atoms with Gasteiger partial charge in [0, 0.05) is 0 Å². The van der Waals surface area contributed by atoms with E-state index in [1.165, 1.54) is 0 Å². The zero-order valence-electron chi connectivity index (χ0n) is 8.75. The Morgan fingerprint density at radius 2 is 2.00 bits per heavy atom. The Morgan fingerprint density at radius 1 is 1.43 bits per heavy atom. The summed E-state index contributed by atoms with van der Waals surface area (Å²) in [5, 5.41) is 10.2. The average molecular weight is 188 g/mol. The first-order valence-corrected chi connectivity index (χ1v) is 4.60. The van der Waals surface area contributed by atoms with Crippen LogP contribution in [0, 0.1) is 0 Å². The molecule has 14 heavy (non-hydrogen) atoms. The fraction of sp³-hybridized carbons (Fsp3) is 0.231. The van der Waals surface area contributed by atoms with Gasteiger partial charge < -0.3 is 5.11 Å². The van der Waals surface area contributed by atoms with Crippen LogP contribution in [0.25, 0.3) is 6.08 Å². The van der Waals surface area contributed by atoms with E-state index < -0.39 is 5.60 Å². The molecule has 0 fully saturated rings. The lowest BCUT2D eigenvalue weighted by Gasteiger charge is -2.26. The van der Waals surface area contributed by atoms with Crippen LogP contribution in [0.15, 0.2) is 43.0 Å². The lowest BCUT2D eigenvalue weighted by Crippen LogP contribution is -2.23. The molecule has 0 bridgehead atoms. The molecule has 0 aliphatic rings. The first-order chi connectivity index (χ1) is 6.50. The summed E-state index contributed by atoms with van der Waals surface area (Å²) >= 11 is 0. The minimum atomic E-state index is -0.981. The molecule has 0 aromatic heterocycles. The summed E-state index contributed by atoms with van der Waals surface area (Å²) in [5.41, 5.74) is 1.54. The van der Waals surface area contributed by atoms with Crippen molar-refractivity contribution in [2.45, 2.75) is 19.4 Å². The second-order valence-electron chi connectivity index (χ2n) is 3.64. The Morgan fingerprint density at radius 3 is 2.50 bits per heavy atom. The molecule has 1 unspecified atom stereocenters. The van der Waals surface area contributed by atoms with Gasteiger partial charge in [0.15, 0.2) is 0 Å². The molecular formula is C13H16O. The summed E-state index contributed by atoms with van der Waals surface area (Å²) < 4.78 is 0. The highest BCUT2D eigenvalue weighted by Crippen LogP contribution is 2.30. The standard InChI is InChI=1S/C13H16O/c1-5-11-8-6-7-9-12(11)13(4,14)10(2)3/h5-9,14H,1-2H2,3-4H3. The highest BCUT2D eigenvalue weighted by Gasteiger charge is 2.25. The lowest BCUT2D eigenvalue weighted by atomic mass is 9.86. The average Bonchev–Trinajstić information content (AvgIpc) is 2.17. The van der Waals surface area contributed by atoms with Gasteiger partial charge in [-0.05, 0) is 30.5 Å². The molecule has 74 valence electrons. The Bertz CT molecular complexity index is 361. The van der Waals surface area contributed by atoms with E-state index in [-0.39, 0.29) is 0 Å². The number of hydrogen-bond donors (Lipinski definition) is 1. The molecule has 0 saturated heterocycles. The van der Waals surface area contributed by atoms with Crippen molar-refractivity contribution in [2.75, 3.05) is 0 Å². The van der Waals surface area contributed by atoms with Gasteiger partial charge in [-0.3, -0.25) is 0 Å². The van der Waals surface area contributed by atoms with Crippen LogP contribution in [0.2, 0.25) is 0 Å². The molecule has 1 atom stereocenters. The molecule has 1 rings (SSSR count). The highest BCUT2D eigenvalue weighted by molar-refractivity contribution is 5.55. The normalized spacial score (nSPS) is 14.5. The molecule has 0 amide bonds. The van der Waals surface area contributed by atoms with Crippen LogP contribution < -0.4 is 0 Å². The quantitative estimate of drug-likeness (QED) is 0.722. The Balaban J connectivity index is 3.31. The van der Waals surface area contributed by atoms with Crippen molar-refractivity contribution in [1.82, 2.24) is 0 Å². The first-order valence-electron chi connectivity index (χ1n) is 4.60. The molecule has 1 N–H and O–H groups in total. The van der Waals surface area contributed by atoms with E-state index in [4.69, 9.17) is 0 Å². The first kappa shape index (κ1) is 10.7. The monoisotopic (exact) mass is 188 g/mol. The van der Waals surface area contributed by atoms with Gasteiger partial charge >= 0.3 is 0 Å². The SMILES string of the molecule is C=Cc1ccccc1C(C)(O)C(=C)C. The summed E-state index contributed by atoms with van der Waals surface area (Å²) in [5.74, 6) is 0. The fourth-order valence-corrected chi connectivity index (χ4v) is 1.35. The largest absolute Gasteiger partial charge is 0.381 e. The Labute approximate surface area is 85.4 Å². The van der Waals surface area contributed by atoms with Crippen molar-refractivity contribution in [3.8, 4) is 0 Å². The zero-order valence-corrected chi connectivity index (χ0v) is 8.75. The molecule has 0 aliphatic heterocycles. The van der Waals surface area contributed by atoms with Crippen molar-refractivity contribution in [3.63, 3.8) is 0 Å². The number of hydrogen-bond acceptors (Lipinski definition) is 1. The van der Waals surface area contributed by atoms with Gasteiger partial charge in [0.2, 0.25) is 0 Å². The van der Waals surface area contributed by atoms with Crippen LogP contribution >= 0.6 is 0 Å². The molecule has 1 heteroatoms. The predicted molar refractivity (Wildman–Crippen MR) is 60.9 cm³/mol. The molecule has 0 spiro atoms. The molecular weight excluding hydrogens is 172 g/mol. The third-order valence-corrected chi connectivity index (χ3v) is 2.54. The maximum absolute atomic E-state index is 10.2. The summed E-state index contributed by atoms with van der Waals surface area (Å²) in [6.07, 6.45) is 1.74. The maximum atomic E-state index is 10.2. The Hall–Kier alpha value is -1.34. The summed E-state index contributed by atoms with van der Waals surface area (Å²) in [4.78, 5) is 0. The van der Waals surface area contributed by atoms with Crippen molar-refractivity contribution in [2.24, 2.45) is 0 Å². The van der Waals surface area contributed by atoms with E-state index >= 15 is 0 Å². The fourth-order valence-electron chi connectivity index (χ4n) is 1.35. The smallest absolute Gasteiger partial charge is 0.108 e. The van der Waals surface area contributed by atoms with E-state index in [0.29, 0.717) is 0 Å². The minimum Gasteiger partial charge on any atom is -0.381 e. The van der Waals surface area contributed by atoms with Gasteiger partial charge in [0.05, 0.1) is 0 Å². The van der Waals surface area contributed by atoms with Crippen LogP contribution in [0.3, 0.4) is 0 Å². The Kier molecular flexibility index (Phi) is 2.92. The molecule has 1 aromatic carbocycles. The van der Waals surface area contributed by atoms with Crippen LogP contribution in [-0.2, 0) is 5.60 Å².